The van der Waals surface area contributed by atoms with Gasteiger partial charge in [-0.15, -0.1) is 0 Å². The Labute approximate surface area is 164 Å². The van der Waals surface area contributed by atoms with Gasteiger partial charge in [-0.25, -0.2) is 0 Å². The predicted octanol–water partition coefficient (Wildman–Crippen LogP) is 5.30. The number of fused-ring (bicyclic) bond motifs is 1. The highest BCUT2D eigenvalue weighted by Crippen LogP contribution is 2.25. The van der Waals surface area contributed by atoms with Crippen LogP contribution < -0.4 is 5.32 Å². The molecule has 1 atom stereocenters. The van der Waals surface area contributed by atoms with Crippen molar-refractivity contribution in [1.82, 2.24) is 10.5 Å². The molecule has 1 amide bonds. The molecule has 0 spiro atoms. The van der Waals surface area contributed by atoms with Gasteiger partial charge in [0.1, 0.15) is 5.69 Å². The lowest BCUT2D eigenvalue weighted by molar-refractivity contribution is -0.122. The van der Waals surface area contributed by atoms with Gasteiger partial charge in [-0.1, -0.05) is 78.8 Å². The van der Waals surface area contributed by atoms with E-state index in [9.17, 15) is 4.79 Å². The molecule has 4 rings (SSSR count). The Morgan fingerprint density at radius 2 is 1.71 bits per heavy atom. The van der Waals surface area contributed by atoms with Gasteiger partial charge in [0.2, 0.25) is 5.91 Å². The molecule has 140 valence electrons. The smallest absolute Gasteiger partial charge is 0.227 e. The van der Waals surface area contributed by atoms with Crippen molar-refractivity contribution in [2.24, 2.45) is 0 Å². The minimum absolute atomic E-state index is 0.00366. The first-order valence-corrected chi connectivity index (χ1v) is 9.52. The minimum atomic E-state index is -0.159. The fourth-order valence-corrected chi connectivity index (χ4v) is 3.43. The number of rotatable bonds is 6. The molecule has 0 saturated heterocycles. The molecule has 0 aliphatic heterocycles. The molecule has 0 radical (unpaired) electrons. The highest BCUT2D eigenvalue weighted by Gasteiger charge is 2.18. The minimum Gasteiger partial charge on any atom is -0.356 e. The Morgan fingerprint density at radius 1 is 0.964 bits per heavy atom. The van der Waals surface area contributed by atoms with E-state index in [0.717, 1.165) is 22.9 Å². The van der Waals surface area contributed by atoms with Crippen molar-refractivity contribution in [3.05, 3.63) is 90.1 Å². The second kappa shape index (κ2) is 8.09. The molecule has 4 heteroatoms. The summed E-state index contributed by atoms with van der Waals surface area (Å²) in [5.74, 6) is 0.544. The third-order valence-electron chi connectivity index (χ3n) is 4.96. The van der Waals surface area contributed by atoms with Crippen molar-refractivity contribution in [2.75, 3.05) is 0 Å². The van der Waals surface area contributed by atoms with Crippen molar-refractivity contribution in [2.45, 2.75) is 25.8 Å². The number of nitrogens with one attached hydrogen (secondary N) is 1. The van der Waals surface area contributed by atoms with Gasteiger partial charge in [0, 0.05) is 11.6 Å². The molecule has 1 unspecified atom stereocenters. The largest absolute Gasteiger partial charge is 0.356 e. The SMILES string of the molecule is CCC(C(=O)NCc1cc(-c2ccc3ccccc3c2)on1)c1ccccc1. The summed E-state index contributed by atoms with van der Waals surface area (Å²) in [7, 11) is 0. The number of carbonyl (C=O) groups excluding carboxylic acids is 1. The van der Waals surface area contributed by atoms with E-state index in [1.165, 1.54) is 5.39 Å². The molecule has 1 N–H and O–H groups in total. The van der Waals surface area contributed by atoms with Crippen LogP contribution in [0.15, 0.2) is 83.4 Å². The zero-order chi connectivity index (χ0) is 19.3. The van der Waals surface area contributed by atoms with Crippen molar-refractivity contribution in [3.63, 3.8) is 0 Å². The second-order valence-corrected chi connectivity index (χ2v) is 6.83. The molecule has 4 nitrogen and oxygen atoms in total. The Kier molecular flexibility index (Phi) is 5.20. The average Bonchev–Trinajstić information content (AvgIpc) is 3.22. The highest BCUT2D eigenvalue weighted by molar-refractivity contribution is 5.86. The van der Waals surface area contributed by atoms with Gasteiger partial charge in [0.05, 0.1) is 12.5 Å². The topological polar surface area (TPSA) is 55.1 Å². The maximum atomic E-state index is 12.6. The summed E-state index contributed by atoms with van der Waals surface area (Å²) < 4.78 is 5.50. The lowest BCUT2D eigenvalue weighted by Crippen LogP contribution is -2.28. The van der Waals surface area contributed by atoms with Crippen molar-refractivity contribution < 1.29 is 9.32 Å². The maximum Gasteiger partial charge on any atom is 0.227 e. The van der Waals surface area contributed by atoms with E-state index in [-0.39, 0.29) is 11.8 Å². The normalized spacial score (nSPS) is 12.0. The summed E-state index contributed by atoms with van der Waals surface area (Å²) in [6.07, 6.45) is 0.747. The van der Waals surface area contributed by atoms with Crippen LogP contribution in [0.2, 0.25) is 0 Å². The lowest BCUT2D eigenvalue weighted by Gasteiger charge is -2.14. The number of amides is 1. The van der Waals surface area contributed by atoms with Crippen LogP contribution in [0.3, 0.4) is 0 Å². The first-order valence-electron chi connectivity index (χ1n) is 9.52. The number of nitrogens with zero attached hydrogens (tertiary/aromatic N) is 1. The molecule has 1 heterocycles. The van der Waals surface area contributed by atoms with Gasteiger partial charge < -0.3 is 9.84 Å². The third-order valence-corrected chi connectivity index (χ3v) is 4.96. The first kappa shape index (κ1) is 18.0. The van der Waals surface area contributed by atoms with E-state index < -0.39 is 0 Å². The maximum absolute atomic E-state index is 12.6. The first-order chi connectivity index (χ1) is 13.7. The van der Waals surface area contributed by atoms with E-state index in [0.29, 0.717) is 18.0 Å². The van der Waals surface area contributed by atoms with Crippen LogP contribution in [0.1, 0.15) is 30.5 Å². The van der Waals surface area contributed by atoms with E-state index in [1.54, 1.807) is 0 Å². The zero-order valence-corrected chi connectivity index (χ0v) is 15.8. The van der Waals surface area contributed by atoms with E-state index in [1.807, 2.05) is 61.5 Å². The van der Waals surface area contributed by atoms with Gasteiger partial charge >= 0.3 is 0 Å². The number of carbonyl (C=O) groups is 1. The number of aromatic nitrogens is 1. The quantitative estimate of drug-likeness (QED) is 0.501. The summed E-state index contributed by atoms with van der Waals surface area (Å²) in [5, 5.41) is 9.43. The van der Waals surface area contributed by atoms with Crippen LogP contribution in [0.25, 0.3) is 22.1 Å². The Morgan fingerprint density at radius 3 is 2.50 bits per heavy atom. The van der Waals surface area contributed by atoms with Crippen LogP contribution in [0.5, 0.6) is 0 Å². The molecular formula is C24H22N2O2. The number of hydrogen-bond donors (Lipinski definition) is 1. The summed E-state index contributed by atoms with van der Waals surface area (Å²) in [6.45, 7) is 2.37. The van der Waals surface area contributed by atoms with Gasteiger partial charge in [0.15, 0.2) is 5.76 Å². The standard InChI is InChI=1S/C24H22N2O2/c1-2-22(18-9-4-3-5-10-18)24(27)25-16-21-15-23(28-26-21)20-13-12-17-8-6-7-11-19(17)14-20/h3-15,22H,2,16H2,1H3,(H,25,27). The van der Waals surface area contributed by atoms with Gasteiger partial charge in [0.25, 0.3) is 0 Å². The Bertz CT molecular complexity index is 1090. The number of benzene rings is 3. The lowest BCUT2D eigenvalue weighted by atomic mass is 9.96. The van der Waals surface area contributed by atoms with Gasteiger partial charge in [-0.3, -0.25) is 4.79 Å². The average molecular weight is 370 g/mol. The fourth-order valence-electron chi connectivity index (χ4n) is 3.43. The van der Waals surface area contributed by atoms with Crippen molar-refractivity contribution >= 4 is 16.7 Å². The molecule has 3 aromatic carbocycles. The van der Waals surface area contributed by atoms with Gasteiger partial charge in [-0.05, 0) is 28.8 Å². The van der Waals surface area contributed by atoms with Crippen molar-refractivity contribution in [1.29, 1.82) is 0 Å². The Hall–Kier alpha value is -3.40. The fraction of sp³-hybridized carbons (Fsp3) is 0.167. The number of hydrogen-bond acceptors (Lipinski definition) is 3. The van der Waals surface area contributed by atoms with Crippen LogP contribution in [-0.4, -0.2) is 11.1 Å². The van der Waals surface area contributed by atoms with E-state index in [4.69, 9.17) is 4.52 Å². The third kappa shape index (κ3) is 3.81. The Balaban J connectivity index is 1.45. The van der Waals surface area contributed by atoms with E-state index >= 15 is 0 Å². The molecule has 28 heavy (non-hydrogen) atoms. The molecule has 0 fully saturated rings. The summed E-state index contributed by atoms with van der Waals surface area (Å²) in [4.78, 5) is 12.6. The van der Waals surface area contributed by atoms with Gasteiger partial charge in [-0.2, -0.15) is 0 Å². The second-order valence-electron chi connectivity index (χ2n) is 6.83. The van der Waals surface area contributed by atoms with Crippen molar-refractivity contribution in [3.8, 4) is 11.3 Å². The monoisotopic (exact) mass is 370 g/mol. The molecule has 0 aliphatic carbocycles. The summed E-state index contributed by atoms with van der Waals surface area (Å²) >= 11 is 0. The molecule has 1 aromatic heterocycles. The molecular weight excluding hydrogens is 348 g/mol. The molecule has 4 aromatic rings. The summed E-state index contributed by atoms with van der Waals surface area (Å²) in [5.41, 5.74) is 2.71. The zero-order valence-electron chi connectivity index (χ0n) is 15.8. The molecule has 0 saturated carbocycles. The molecule has 0 aliphatic rings. The molecule has 0 bridgehead atoms. The highest BCUT2D eigenvalue weighted by atomic mass is 16.5. The summed E-state index contributed by atoms with van der Waals surface area (Å²) in [6, 6.07) is 26.1. The van der Waals surface area contributed by atoms with E-state index in [2.05, 4.69) is 34.7 Å². The van der Waals surface area contributed by atoms with Crippen LogP contribution in [0.4, 0.5) is 0 Å². The van der Waals surface area contributed by atoms with Crippen LogP contribution in [-0.2, 0) is 11.3 Å². The van der Waals surface area contributed by atoms with Crippen LogP contribution in [0, 0.1) is 0 Å². The van der Waals surface area contributed by atoms with Crippen LogP contribution >= 0.6 is 0 Å². The predicted molar refractivity (Wildman–Crippen MR) is 111 cm³/mol.